The van der Waals surface area contributed by atoms with Gasteiger partial charge in [0, 0.05) is 30.2 Å². The van der Waals surface area contributed by atoms with E-state index in [0.29, 0.717) is 31.0 Å². The lowest BCUT2D eigenvalue weighted by Gasteiger charge is -2.19. The zero-order valence-corrected chi connectivity index (χ0v) is 13.2. The maximum Gasteiger partial charge on any atom is 0.243 e. The number of benzene rings is 1. The van der Waals surface area contributed by atoms with Gasteiger partial charge in [-0.2, -0.15) is 4.31 Å². The Balaban J connectivity index is 2.42. The number of anilines is 1. The summed E-state index contributed by atoms with van der Waals surface area (Å²) in [5.41, 5.74) is 0.589. The normalized spacial score (nSPS) is 15.7. The first kappa shape index (κ1) is 15.3. The molecule has 0 aliphatic carbocycles. The molecule has 0 saturated carbocycles. The summed E-state index contributed by atoms with van der Waals surface area (Å²) < 4.78 is 26.3. The number of hydrogen-bond donors (Lipinski definition) is 1. The molecule has 0 bridgehead atoms. The van der Waals surface area contributed by atoms with Crippen LogP contribution in [0.3, 0.4) is 0 Å². The molecular weight excluding hydrogens is 296 g/mol. The van der Waals surface area contributed by atoms with Crippen LogP contribution in [0.1, 0.15) is 20.3 Å². The van der Waals surface area contributed by atoms with Gasteiger partial charge in [-0.15, -0.1) is 11.8 Å². The molecule has 0 saturated heterocycles. The minimum Gasteiger partial charge on any atom is -0.325 e. The van der Waals surface area contributed by atoms with Gasteiger partial charge < -0.3 is 5.32 Å². The summed E-state index contributed by atoms with van der Waals surface area (Å²) in [5.74, 6) is 0.634. The molecule has 1 amide bonds. The van der Waals surface area contributed by atoms with E-state index in [-0.39, 0.29) is 10.8 Å². The molecule has 1 heterocycles. The van der Waals surface area contributed by atoms with Crippen LogP contribution in [0.5, 0.6) is 0 Å². The lowest BCUT2D eigenvalue weighted by molar-refractivity contribution is -0.115. The van der Waals surface area contributed by atoms with Crippen molar-refractivity contribution in [2.45, 2.75) is 30.1 Å². The van der Waals surface area contributed by atoms with Gasteiger partial charge in [0.15, 0.2) is 0 Å². The maximum absolute atomic E-state index is 12.5. The highest BCUT2D eigenvalue weighted by Crippen LogP contribution is 2.33. The van der Waals surface area contributed by atoms with Crippen LogP contribution in [0.2, 0.25) is 0 Å². The van der Waals surface area contributed by atoms with Gasteiger partial charge in [0.25, 0.3) is 0 Å². The fourth-order valence-electron chi connectivity index (χ4n) is 2.07. The summed E-state index contributed by atoms with van der Waals surface area (Å²) in [4.78, 5) is 12.7. The molecule has 1 aromatic carbocycles. The van der Waals surface area contributed by atoms with Crippen molar-refractivity contribution in [3.8, 4) is 0 Å². The Morgan fingerprint density at radius 1 is 1.30 bits per heavy atom. The number of carbonyl (C=O) groups is 1. The first-order chi connectivity index (χ1) is 9.48. The molecule has 1 N–H and O–H groups in total. The zero-order valence-electron chi connectivity index (χ0n) is 11.5. The van der Waals surface area contributed by atoms with Crippen LogP contribution in [0.4, 0.5) is 5.69 Å². The van der Waals surface area contributed by atoms with E-state index in [1.807, 2.05) is 13.8 Å². The van der Waals surface area contributed by atoms with Crippen molar-refractivity contribution in [3.05, 3.63) is 18.2 Å². The average Bonchev–Trinajstić information content (AvgIpc) is 2.59. The molecule has 1 aromatic rings. The van der Waals surface area contributed by atoms with Crippen LogP contribution in [-0.2, 0) is 14.8 Å². The van der Waals surface area contributed by atoms with E-state index in [2.05, 4.69) is 5.32 Å². The third-order valence-corrected chi connectivity index (χ3v) is 6.28. The SMILES string of the molecule is CCN(CC)S(=O)(=O)c1ccc2c(c1)NC(=O)CCS2. The fourth-order valence-corrected chi connectivity index (χ4v) is 4.49. The van der Waals surface area contributed by atoms with Crippen LogP contribution in [0.15, 0.2) is 28.0 Å². The van der Waals surface area contributed by atoms with Crippen molar-refractivity contribution in [1.29, 1.82) is 0 Å². The third-order valence-electron chi connectivity index (χ3n) is 3.15. The standard InChI is InChI=1S/C13H18N2O3S2/c1-3-15(4-2)20(17,18)10-5-6-12-11(9-10)14-13(16)7-8-19-12/h5-6,9H,3-4,7-8H2,1-2H3,(H,14,16). The monoisotopic (exact) mass is 314 g/mol. The number of carbonyl (C=O) groups excluding carboxylic acids is 1. The molecule has 110 valence electrons. The second-order valence-electron chi connectivity index (χ2n) is 4.39. The van der Waals surface area contributed by atoms with Crippen molar-refractivity contribution >= 4 is 33.4 Å². The van der Waals surface area contributed by atoms with E-state index in [0.717, 1.165) is 4.90 Å². The number of rotatable bonds is 4. The largest absolute Gasteiger partial charge is 0.325 e. The molecule has 5 nitrogen and oxygen atoms in total. The summed E-state index contributed by atoms with van der Waals surface area (Å²) in [5, 5.41) is 2.77. The van der Waals surface area contributed by atoms with Gasteiger partial charge in [0.2, 0.25) is 15.9 Å². The Bertz CT molecular complexity index is 610. The van der Waals surface area contributed by atoms with Crippen molar-refractivity contribution in [2.24, 2.45) is 0 Å². The predicted octanol–water partition coefficient (Wildman–Crippen LogP) is 2.15. The second-order valence-corrected chi connectivity index (χ2v) is 7.47. The van der Waals surface area contributed by atoms with E-state index in [4.69, 9.17) is 0 Å². The molecular formula is C13H18N2O3S2. The Morgan fingerprint density at radius 2 is 2.00 bits per heavy atom. The molecule has 0 unspecified atom stereocenters. The highest BCUT2D eigenvalue weighted by molar-refractivity contribution is 7.99. The molecule has 1 aliphatic rings. The molecule has 0 radical (unpaired) electrons. The minimum absolute atomic E-state index is 0.0753. The van der Waals surface area contributed by atoms with E-state index >= 15 is 0 Å². The summed E-state index contributed by atoms with van der Waals surface area (Å²) in [6.07, 6.45) is 0.442. The van der Waals surface area contributed by atoms with E-state index in [1.54, 1.807) is 30.0 Å². The number of nitrogens with one attached hydrogen (secondary N) is 1. The van der Waals surface area contributed by atoms with Crippen molar-refractivity contribution in [3.63, 3.8) is 0 Å². The molecule has 0 aromatic heterocycles. The predicted molar refractivity (Wildman–Crippen MR) is 80.5 cm³/mol. The summed E-state index contributed by atoms with van der Waals surface area (Å²) in [7, 11) is -3.49. The summed E-state index contributed by atoms with van der Waals surface area (Å²) in [6.45, 7) is 4.47. The van der Waals surface area contributed by atoms with Gasteiger partial charge in [0.1, 0.15) is 0 Å². The van der Waals surface area contributed by atoms with Crippen molar-refractivity contribution in [1.82, 2.24) is 4.31 Å². The maximum atomic E-state index is 12.5. The lowest BCUT2D eigenvalue weighted by atomic mass is 10.3. The number of hydrogen-bond acceptors (Lipinski definition) is 4. The molecule has 0 fully saturated rings. The Labute approximate surface area is 123 Å². The Hall–Kier alpha value is -1.05. The van der Waals surface area contributed by atoms with Crippen LogP contribution in [0.25, 0.3) is 0 Å². The van der Waals surface area contributed by atoms with Crippen LogP contribution in [0, 0.1) is 0 Å². The molecule has 1 aliphatic heterocycles. The smallest absolute Gasteiger partial charge is 0.243 e. The lowest BCUT2D eigenvalue weighted by Crippen LogP contribution is -2.30. The van der Waals surface area contributed by atoms with Gasteiger partial charge in [-0.05, 0) is 18.2 Å². The molecule has 0 atom stereocenters. The van der Waals surface area contributed by atoms with Crippen molar-refractivity contribution in [2.75, 3.05) is 24.2 Å². The van der Waals surface area contributed by atoms with Gasteiger partial charge >= 0.3 is 0 Å². The van der Waals surface area contributed by atoms with Gasteiger partial charge in [0.05, 0.1) is 10.6 Å². The summed E-state index contributed by atoms with van der Waals surface area (Å²) in [6, 6.07) is 4.93. The van der Waals surface area contributed by atoms with E-state index in [1.165, 1.54) is 4.31 Å². The number of sulfonamides is 1. The Morgan fingerprint density at radius 3 is 2.65 bits per heavy atom. The minimum atomic E-state index is -3.49. The first-order valence-corrected chi connectivity index (χ1v) is 8.98. The molecule has 20 heavy (non-hydrogen) atoms. The molecule has 2 rings (SSSR count). The summed E-state index contributed by atoms with van der Waals surface area (Å²) >= 11 is 1.56. The third kappa shape index (κ3) is 2.99. The van der Waals surface area contributed by atoms with Gasteiger partial charge in [-0.25, -0.2) is 8.42 Å². The second kappa shape index (κ2) is 6.15. The van der Waals surface area contributed by atoms with E-state index in [9.17, 15) is 13.2 Å². The quantitative estimate of drug-likeness (QED) is 0.925. The number of nitrogens with zero attached hydrogens (tertiary/aromatic N) is 1. The number of thioether (sulfide) groups is 1. The van der Waals surface area contributed by atoms with Crippen LogP contribution >= 0.6 is 11.8 Å². The van der Waals surface area contributed by atoms with Gasteiger partial charge in [-0.3, -0.25) is 4.79 Å². The van der Waals surface area contributed by atoms with Crippen molar-refractivity contribution < 1.29 is 13.2 Å². The Kier molecular flexibility index (Phi) is 4.72. The topological polar surface area (TPSA) is 66.5 Å². The van der Waals surface area contributed by atoms with Gasteiger partial charge in [-0.1, -0.05) is 13.8 Å². The molecule has 7 heteroatoms. The number of fused-ring (bicyclic) bond motifs is 1. The first-order valence-electron chi connectivity index (χ1n) is 6.56. The highest BCUT2D eigenvalue weighted by atomic mass is 32.2. The molecule has 0 spiro atoms. The average molecular weight is 314 g/mol. The van der Waals surface area contributed by atoms with E-state index < -0.39 is 10.0 Å². The van der Waals surface area contributed by atoms with Crippen LogP contribution < -0.4 is 5.32 Å². The zero-order chi connectivity index (χ0) is 14.8. The van der Waals surface area contributed by atoms with Crippen LogP contribution in [-0.4, -0.2) is 37.5 Å². The highest BCUT2D eigenvalue weighted by Gasteiger charge is 2.23. The number of amides is 1. The fraction of sp³-hybridized carbons (Fsp3) is 0.462.